The molecule has 29 heavy (non-hydrogen) atoms. The van der Waals surface area contributed by atoms with Crippen molar-refractivity contribution in [3.8, 4) is 0 Å². The van der Waals surface area contributed by atoms with E-state index in [-0.39, 0.29) is 23.3 Å². The zero-order chi connectivity index (χ0) is 20.8. The largest absolute Gasteiger partial charge is 0.481 e. The molecular weight excluding hydrogens is 396 g/mol. The molecule has 0 amide bonds. The lowest BCUT2D eigenvalue weighted by Gasteiger charge is -2.31. The number of benzene rings is 1. The maximum Gasteiger partial charge on any atom is 0.303 e. The van der Waals surface area contributed by atoms with Crippen molar-refractivity contribution in [1.29, 1.82) is 0 Å². The molecule has 0 atom stereocenters. The number of likely N-dealkylation sites (N-methyl/N-ethyl adjacent to an activating group) is 1. The number of nitrogens with zero attached hydrogens (tertiary/aromatic N) is 2. The van der Waals surface area contributed by atoms with E-state index < -0.39 is 16.0 Å². The van der Waals surface area contributed by atoms with Crippen LogP contribution < -0.4 is 5.56 Å². The Labute approximate surface area is 167 Å². The van der Waals surface area contributed by atoms with Crippen molar-refractivity contribution in [2.24, 2.45) is 0 Å². The van der Waals surface area contributed by atoms with Gasteiger partial charge >= 0.3 is 5.97 Å². The number of carboxylic acids is 1. The maximum atomic E-state index is 13.1. The number of H-pyrrole nitrogens is 2. The van der Waals surface area contributed by atoms with Crippen molar-refractivity contribution in [1.82, 2.24) is 19.2 Å². The van der Waals surface area contributed by atoms with Gasteiger partial charge < -0.3 is 20.0 Å². The zero-order valence-corrected chi connectivity index (χ0v) is 16.8. The Hall–Kier alpha value is -2.69. The van der Waals surface area contributed by atoms with Crippen LogP contribution in [0.1, 0.15) is 12.0 Å². The third-order valence-corrected chi connectivity index (χ3v) is 7.30. The molecule has 1 aromatic carbocycles. The van der Waals surface area contributed by atoms with Crippen LogP contribution in [0.3, 0.4) is 0 Å². The number of sulfonamides is 1. The second-order valence-electron chi connectivity index (χ2n) is 7.33. The average Bonchev–Trinajstić information content (AvgIpc) is 3.11. The van der Waals surface area contributed by atoms with Gasteiger partial charge in [0.2, 0.25) is 10.0 Å². The Bertz CT molecular complexity index is 1250. The first kappa shape index (κ1) is 19.6. The van der Waals surface area contributed by atoms with Gasteiger partial charge in [-0.15, -0.1) is 0 Å². The summed E-state index contributed by atoms with van der Waals surface area (Å²) in [7, 11) is -1.71. The summed E-state index contributed by atoms with van der Waals surface area (Å²) in [5.74, 6) is -0.938. The molecule has 0 radical (unpaired) electrons. The van der Waals surface area contributed by atoms with E-state index in [2.05, 4.69) is 14.9 Å². The van der Waals surface area contributed by atoms with E-state index in [9.17, 15) is 18.0 Å². The van der Waals surface area contributed by atoms with Crippen LogP contribution >= 0.6 is 0 Å². The summed E-state index contributed by atoms with van der Waals surface area (Å²) >= 11 is 0. The molecule has 2 aromatic heterocycles. The van der Waals surface area contributed by atoms with Crippen LogP contribution in [0, 0.1) is 0 Å². The molecule has 154 valence electrons. The Kier molecular flexibility index (Phi) is 4.93. The molecule has 3 heterocycles. The summed E-state index contributed by atoms with van der Waals surface area (Å²) in [4.78, 5) is 31.2. The normalized spacial score (nSPS) is 16.6. The molecule has 0 saturated carbocycles. The molecule has 0 bridgehead atoms. The molecule has 1 saturated heterocycles. The summed E-state index contributed by atoms with van der Waals surface area (Å²) in [6.07, 6.45) is 1.77. The van der Waals surface area contributed by atoms with E-state index in [1.807, 2.05) is 7.05 Å². The minimum absolute atomic E-state index is 0.0828. The highest BCUT2D eigenvalue weighted by Crippen LogP contribution is 2.29. The number of aliphatic carboxylic acids is 1. The van der Waals surface area contributed by atoms with Gasteiger partial charge in [-0.1, -0.05) is 0 Å². The highest BCUT2D eigenvalue weighted by atomic mass is 32.2. The maximum absolute atomic E-state index is 13.1. The van der Waals surface area contributed by atoms with E-state index >= 15 is 0 Å². The lowest BCUT2D eigenvalue weighted by molar-refractivity contribution is -0.136. The third kappa shape index (κ3) is 3.54. The van der Waals surface area contributed by atoms with E-state index in [1.54, 1.807) is 18.3 Å². The molecular formula is C19H22N4O5S. The number of aromatic nitrogens is 2. The van der Waals surface area contributed by atoms with Gasteiger partial charge in [0.15, 0.2) is 0 Å². The highest BCUT2D eigenvalue weighted by molar-refractivity contribution is 7.89. The fourth-order valence-corrected chi connectivity index (χ4v) is 5.20. The van der Waals surface area contributed by atoms with Gasteiger partial charge in [-0.25, -0.2) is 8.42 Å². The molecule has 9 nitrogen and oxygen atoms in total. The number of rotatable bonds is 5. The van der Waals surface area contributed by atoms with Gasteiger partial charge in [0.05, 0.1) is 4.90 Å². The molecule has 3 aromatic rings. The highest BCUT2D eigenvalue weighted by Gasteiger charge is 2.28. The standard InChI is InChI=1S/C19H22N4O5S/c1-22-6-8-23(9-7-22)29(27,28)13-3-4-15-14(10-13)17-12(2-5-16(24)25)11-20-18(17)19(26)21-15/h3-4,10-11,20H,2,5-9H2,1H3,(H,21,26)(H,24,25). The number of carboxylic acid groups (broad SMARTS) is 1. The first-order chi connectivity index (χ1) is 13.8. The molecule has 3 N–H and O–H groups in total. The zero-order valence-electron chi connectivity index (χ0n) is 15.9. The second kappa shape index (κ2) is 7.29. The average molecular weight is 418 g/mol. The molecule has 1 aliphatic rings. The molecule has 4 rings (SSSR count). The Morgan fingerprint density at radius 3 is 2.62 bits per heavy atom. The molecule has 0 unspecified atom stereocenters. The van der Waals surface area contributed by atoms with Crippen LogP contribution in [0.25, 0.3) is 21.8 Å². The van der Waals surface area contributed by atoms with Gasteiger partial charge in [0.1, 0.15) is 5.52 Å². The van der Waals surface area contributed by atoms with Crippen molar-refractivity contribution in [3.63, 3.8) is 0 Å². The van der Waals surface area contributed by atoms with Crippen molar-refractivity contribution in [2.75, 3.05) is 33.2 Å². The van der Waals surface area contributed by atoms with Gasteiger partial charge in [-0.3, -0.25) is 9.59 Å². The predicted octanol–water partition coefficient (Wildman–Crippen LogP) is 0.963. The van der Waals surface area contributed by atoms with Gasteiger partial charge in [0.25, 0.3) is 5.56 Å². The van der Waals surface area contributed by atoms with E-state index in [0.717, 1.165) is 0 Å². The SMILES string of the molecule is CN1CCN(S(=O)(=O)c2ccc3[nH]c(=O)c4[nH]cc(CCC(=O)O)c4c3c2)CC1. The van der Waals surface area contributed by atoms with Crippen molar-refractivity contribution < 1.29 is 18.3 Å². The fourth-order valence-electron chi connectivity index (χ4n) is 3.75. The first-order valence-corrected chi connectivity index (χ1v) is 10.8. The van der Waals surface area contributed by atoms with Crippen molar-refractivity contribution >= 4 is 37.8 Å². The van der Waals surface area contributed by atoms with Crippen LogP contribution in [0.2, 0.25) is 0 Å². The number of piperazine rings is 1. The number of aromatic amines is 2. The predicted molar refractivity (Wildman–Crippen MR) is 109 cm³/mol. The number of pyridine rings is 1. The van der Waals surface area contributed by atoms with Crippen molar-refractivity contribution in [2.45, 2.75) is 17.7 Å². The molecule has 1 fully saturated rings. The van der Waals surface area contributed by atoms with E-state index in [0.29, 0.717) is 53.5 Å². The van der Waals surface area contributed by atoms with Crippen LogP contribution in [0.15, 0.2) is 34.1 Å². The topological polar surface area (TPSA) is 127 Å². The number of fused-ring (bicyclic) bond motifs is 3. The summed E-state index contributed by atoms with van der Waals surface area (Å²) in [6, 6.07) is 4.66. The third-order valence-electron chi connectivity index (χ3n) is 5.41. The molecule has 10 heteroatoms. The van der Waals surface area contributed by atoms with E-state index in [4.69, 9.17) is 5.11 Å². The summed E-state index contributed by atoms with van der Waals surface area (Å²) in [6.45, 7) is 2.18. The summed E-state index contributed by atoms with van der Waals surface area (Å²) in [5.41, 5.74) is 1.17. The monoisotopic (exact) mass is 418 g/mol. The van der Waals surface area contributed by atoms with Gasteiger partial charge in [-0.2, -0.15) is 4.31 Å². The quantitative estimate of drug-likeness (QED) is 0.567. The Balaban J connectivity index is 1.85. The number of nitrogens with one attached hydrogen (secondary N) is 2. The smallest absolute Gasteiger partial charge is 0.303 e. The minimum atomic E-state index is -3.67. The Morgan fingerprint density at radius 1 is 1.21 bits per heavy atom. The van der Waals surface area contributed by atoms with Crippen molar-refractivity contribution in [3.05, 3.63) is 40.3 Å². The summed E-state index contributed by atoms with van der Waals surface area (Å²) in [5, 5.41) is 10.1. The van der Waals surface area contributed by atoms with Crippen LogP contribution in [-0.2, 0) is 21.2 Å². The van der Waals surface area contributed by atoms with Crippen LogP contribution in [0.5, 0.6) is 0 Å². The lowest BCUT2D eigenvalue weighted by atomic mass is 10.0. The van der Waals surface area contributed by atoms with Gasteiger partial charge in [-0.05, 0) is 37.2 Å². The van der Waals surface area contributed by atoms with Gasteiger partial charge in [0, 0.05) is 55.1 Å². The molecule has 0 spiro atoms. The number of carbonyl (C=O) groups is 1. The lowest BCUT2D eigenvalue weighted by Crippen LogP contribution is -2.47. The number of hydrogen-bond donors (Lipinski definition) is 3. The number of aryl methyl sites for hydroxylation is 1. The Morgan fingerprint density at radius 2 is 1.93 bits per heavy atom. The van der Waals surface area contributed by atoms with Crippen LogP contribution in [0.4, 0.5) is 0 Å². The second-order valence-corrected chi connectivity index (χ2v) is 9.26. The molecule has 1 aliphatic heterocycles. The first-order valence-electron chi connectivity index (χ1n) is 9.34. The van der Waals surface area contributed by atoms with E-state index in [1.165, 1.54) is 10.4 Å². The molecule has 0 aliphatic carbocycles. The number of hydrogen-bond acceptors (Lipinski definition) is 5. The van der Waals surface area contributed by atoms with Crippen LogP contribution in [-0.4, -0.2) is 71.9 Å². The fraction of sp³-hybridized carbons (Fsp3) is 0.368. The summed E-state index contributed by atoms with van der Waals surface area (Å²) < 4.78 is 27.7. The minimum Gasteiger partial charge on any atom is -0.481 e.